The molecule has 0 unspecified atom stereocenters. The summed E-state index contributed by atoms with van der Waals surface area (Å²) >= 11 is 5.08. The van der Waals surface area contributed by atoms with Gasteiger partial charge in [-0.05, 0) is 60.6 Å². The first-order valence-corrected chi connectivity index (χ1v) is 13.7. The first kappa shape index (κ1) is 24.4. The minimum atomic E-state index is -0.485. The fraction of sp³-hybridized carbons (Fsp3) is 0.500. The van der Waals surface area contributed by atoms with Crippen molar-refractivity contribution < 1.29 is 19.4 Å². The van der Waals surface area contributed by atoms with E-state index in [0.717, 1.165) is 30.8 Å². The lowest BCUT2D eigenvalue weighted by Gasteiger charge is -2.15. The number of hydrogen-bond donors (Lipinski definition) is 1. The summed E-state index contributed by atoms with van der Waals surface area (Å²) in [4.78, 5) is 24.7. The number of aliphatic hydroxyl groups is 1. The Morgan fingerprint density at radius 1 is 1.35 bits per heavy atom. The molecular weight excluding hydrogens is 448 g/mol. The van der Waals surface area contributed by atoms with E-state index in [2.05, 4.69) is 41.1 Å². The number of ether oxygens (including phenoxy) is 1. The van der Waals surface area contributed by atoms with Crippen LogP contribution >= 0.6 is 34.9 Å². The largest absolute Gasteiger partial charge is 0.468 e. The maximum Gasteiger partial charge on any atom is 0.315 e. The highest BCUT2D eigenvalue weighted by Crippen LogP contribution is 2.34. The summed E-state index contributed by atoms with van der Waals surface area (Å²) in [5, 5.41) is 11.7. The van der Waals surface area contributed by atoms with Gasteiger partial charge in [0.25, 0.3) is 0 Å². The number of ketones is 1. The highest BCUT2D eigenvalue weighted by Gasteiger charge is 2.33. The SMILES string of the molecule is COC(=O)CSCCCS[C@H]1C(=O)CC[C@@H]1C=C[C@@H](O)CCc1cc2ccccc2s1. The Balaban J connectivity index is 1.39. The number of hydrogen-bond acceptors (Lipinski definition) is 7. The van der Waals surface area contributed by atoms with Gasteiger partial charge in [-0.15, -0.1) is 23.1 Å². The van der Waals surface area contributed by atoms with Gasteiger partial charge in [0.2, 0.25) is 0 Å². The van der Waals surface area contributed by atoms with Gasteiger partial charge in [-0.3, -0.25) is 9.59 Å². The van der Waals surface area contributed by atoms with Gasteiger partial charge in [0.05, 0.1) is 24.2 Å². The number of aryl methyl sites for hydroxylation is 1. The molecule has 1 heterocycles. The van der Waals surface area contributed by atoms with Crippen molar-refractivity contribution in [3.8, 4) is 0 Å². The molecule has 1 saturated carbocycles. The van der Waals surface area contributed by atoms with Gasteiger partial charge in [-0.1, -0.05) is 30.4 Å². The second kappa shape index (κ2) is 12.7. The first-order chi connectivity index (χ1) is 15.1. The van der Waals surface area contributed by atoms with Gasteiger partial charge >= 0.3 is 5.97 Å². The lowest BCUT2D eigenvalue weighted by Crippen LogP contribution is -2.17. The summed E-state index contributed by atoms with van der Waals surface area (Å²) in [5.41, 5.74) is 0. The minimum Gasteiger partial charge on any atom is -0.468 e. The second-order valence-electron chi connectivity index (χ2n) is 7.68. The molecule has 1 fully saturated rings. The molecule has 0 aliphatic heterocycles. The fourth-order valence-electron chi connectivity index (χ4n) is 3.66. The standard InChI is InChI=1S/C24H30O4S3/c1-28-23(27)16-29-13-4-14-30-24-17(8-12-21(24)26)7-9-19(25)10-11-20-15-18-5-2-3-6-22(18)31-20/h2-3,5-7,9,15,17,19,24-25H,4,8,10-14,16H2,1H3/t17-,19+,24+/m0/s1. The highest BCUT2D eigenvalue weighted by atomic mass is 32.2. The van der Waals surface area contributed by atoms with Crippen LogP contribution in [0.4, 0.5) is 0 Å². The van der Waals surface area contributed by atoms with Crippen molar-refractivity contribution in [3.05, 3.63) is 47.4 Å². The molecule has 1 aromatic heterocycles. The quantitative estimate of drug-likeness (QED) is 0.259. The Morgan fingerprint density at radius 3 is 3.00 bits per heavy atom. The molecule has 168 valence electrons. The van der Waals surface area contributed by atoms with Gasteiger partial charge in [-0.25, -0.2) is 0 Å². The van der Waals surface area contributed by atoms with Crippen LogP contribution < -0.4 is 0 Å². The number of carbonyl (C=O) groups excluding carboxylic acids is 2. The number of esters is 1. The Bertz CT molecular complexity index is 859. The highest BCUT2D eigenvalue weighted by molar-refractivity contribution is 8.01. The van der Waals surface area contributed by atoms with E-state index in [0.29, 0.717) is 24.4 Å². The van der Waals surface area contributed by atoms with E-state index in [1.807, 2.05) is 6.08 Å². The van der Waals surface area contributed by atoms with Crippen molar-refractivity contribution >= 4 is 56.7 Å². The number of fused-ring (bicyclic) bond motifs is 1. The van der Waals surface area contributed by atoms with Crippen molar-refractivity contribution in [2.45, 2.75) is 43.5 Å². The van der Waals surface area contributed by atoms with Crippen LogP contribution in [0.15, 0.2) is 42.5 Å². The van der Waals surface area contributed by atoms with Gasteiger partial charge in [0.1, 0.15) is 5.78 Å². The molecule has 3 atom stereocenters. The Labute approximate surface area is 196 Å². The molecule has 0 spiro atoms. The predicted molar refractivity (Wildman–Crippen MR) is 133 cm³/mol. The first-order valence-electron chi connectivity index (χ1n) is 10.7. The van der Waals surface area contributed by atoms with Crippen molar-refractivity contribution in [2.75, 3.05) is 24.4 Å². The molecule has 1 aliphatic carbocycles. The molecule has 0 saturated heterocycles. The van der Waals surface area contributed by atoms with E-state index in [1.165, 1.54) is 22.1 Å². The van der Waals surface area contributed by atoms with E-state index < -0.39 is 6.10 Å². The summed E-state index contributed by atoms with van der Waals surface area (Å²) in [5.74, 6) is 2.51. The van der Waals surface area contributed by atoms with Crippen LogP contribution in [0.5, 0.6) is 0 Å². The molecular formula is C24H30O4S3. The van der Waals surface area contributed by atoms with Crippen molar-refractivity contribution in [1.29, 1.82) is 0 Å². The number of methoxy groups -OCH3 is 1. The molecule has 0 amide bonds. The smallest absolute Gasteiger partial charge is 0.315 e. The molecule has 7 heteroatoms. The lowest BCUT2D eigenvalue weighted by atomic mass is 10.0. The third-order valence-electron chi connectivity index (χ3n) is 5.35. The molecule has 4 nitrogen and oxygen atoms in total. The van der Waals surface area contributed by atoms with Crippen LogP contribution in [-0.2, 0) is 20.7 Å². The van der Waals surface area contributed by atoms with Gasteiger partial charge in [0.15, 0.2) is 0 Å². The van der Waals surface area contributed by atoms with Crippen LogP contribution in [0.2, 0.25) is 0 Å². The van der Waals surface area contributed by atoms with Crippen molar-refractivity contribution in [3.63, 3.8) is 0 Å². The zero-order valence-electron chi connectivity index (χ0n) is 17.8. The molecule has 0 radical (unpaired) electrons. The molecule has 0 bridgehead atoms. The monoisotopic (exact) mass is 478 g/mol. The normalized spacial score (nSPS) is 20.0. The summed E-state index contributed by atoms with van der Waals surface area (Å²) in [7, 11) is 1.40. The average Bonchev–Trinajstić information content (AvgIpc) is 3.35. The maximum absolute atomic E-state index is 12.3. The lowest BCUT2D eigenvalue weighted by molar-refractivity contribution is -0.137. The Hall–Kier alpha value is -1.28. The predicted octanol–water partition coefficient (Wildman–Crippen LogP) is 5.13. The van der Waals surface area contributed by atoms with Crippen molar-refractivity contribution in [1.82, 2.24) is 0 Å². The molecule has 3 rings (SSSR count). The van der Waals surface area contributed by atoms with E-state index in [-0.39, 0.29) is 17.1 Å². The van der Waals surface area contributed by atoms with E-state index in [4.69, 9.17) is 0 Å². The van der Waals surface area contributed by atoms with Crippen molar-refractivity contribution in [2.24, 2.45) is 5.92 Å². The van der Waals surface area contributed by atoms with Gasteiger partial charge in [0, 0.05) is 16.0 Å². The Kier molecular flexibility index (Phi) is 9.96. The van der Waals surface area contributed by atoms with Crippen LogP contribution in [0.25, 0.3) is 10.1 Å². The van der Waals surface area contributed by atoms with Crippen LogP contribution in [0.1, 0.15) is 30.6 Å². The third-order valence-corrected chi connectivity index (χ3v) is 9.04. The van der Waals surface area contributed by atoms with E-state index >= 15 is 0 Å². The number of carbonyl (C=O) groups is 2. The van der Waals surface area contributed by atoms with Crippen LogP contribution in [0, 0.1) is 5.92 Å². The Morgan fingerprint density at radius 2 is 2.19 bits per heavy atom. The zero-order chi connectivity index (χ0) is 22.1. The molecule has 31 heavy (non-hydrogen) atoms. The molecule has 1 N–H and O–H groups in total. The third kappa shape index (κ3) is 7.67. The number of Topliss-reactive ketones (excluding diaryl/α,β-unsaturated/α-hetero) is 1. The van der Waals surface area contributed by atoms with Gasteiger partial charge in [-0.2, -0.15) is 11.8 Å². The van der Waals surface area contributed by atoms with E-state index in [1.54, 1.807) is 34.9 Å². The van der Waals surface area contributed by atoms with Gasteiger partial charge < -0.3 is 9.84 Å². The summed E-state index contributed by atoms with van der Waals surface area (Å²) in [6.45, 7) is 0. The van der Waals surface area contributed by atoms with Crippen LogP contribution in [0.3, 0.4) is 0 Å². The van der Waals surface area contributed by atoms with E-state index in [9.17, 15) is 14.7 Å². The number of thiophene rings is 1. The second-order valence-corrected chi connectivity index (χ2v) is 11.2. The molecule has 1 aromatic carbocycles. The number of rotatable bonds is 12. The summed E-state index contributed by atoms with van der Waals surface area (Å²) in [6.07, 6.45) is 7.47. The maximum atomic E-state index is 12.3. The number of allylic oxidation sites excluding steroid dienone is 1. The number of thioether (sulfide) groups is 2. The molecule has 2 aromatic rings. The molecule has 1 aliphatic rings. The number of benzene rings is 1. The summed E-state index contributed by atoms with van der Waals surface area (Å²) < 4.78 is 5.92. The fourth-order valence-corrected chi connectivity index (χ4v) is 7.04. The zero-order valence-corrected chi connectivity index (χ0v) is 20.3. The van der Waals surface area contributed by atoms with Crippen LogP contribution in [-0.4, -0.2) is 52.6 Å². The summed E-state index contributed by atoms with van der Waals surface area (Å²) in [6, 6.07) is 10.6. The topological polar surface area (TPSA) is 63.6 Å². The minimum absolute atomic E-state index is 0.00310. The number of aliphatic hydroxyl groups excluding tert-OH is 1. The average molecular weight is 479 g/mol.